The number of amides is 1. The summed E-state index contributed by atoms with van der Waals surface area (Å²) < 4.78 is 0. The van der Waals surface area contributed by atoms with E-state index in [9.17, 15) is 14.4 Å². The van der Waals surface area contributed by atoms with Crippen LogP contribution in [0.25, 0.3) is 10.9 Å². The van der Waals surface area contributed by atoms with Crippen molar-refractivity contribution >= 4 is 22.8 Å². The molecule has 1 atom stereocenters. The maximum absolute atomic E-state index is 11.9. The zero-order chi connectivity index (χ0) is 16.8. The molecule has 0 spiro atoms. The molecule has 0 saturated heterocycles. The smallest absolute Gasteiger partial charge is 0.305 e. The number of aryl methyl sites for hydroxylation is 1. The minimum Gasteiger partial charge on any atom is -0.481 e. The van der Waals surface area contributed by atoms with Gasteiger partial charge in [-0.1, -0.05) is 12.1 Å². The van der Waals surface area contributed by atoms with Crippen LogP contribution in [-0.4, -0.2) is 33.0 Å². The normalized spacial score (nSPS) is 12.0. The topological polar surface area (TPSA) is 112 Å². The molecule has 1 unspecified atom stereocenters. The fourth-order valence-corrected chi connectivity index (χ4v) is 2.33. The molecule has 1 aromatic heterocycles. The number of carboxylic acid groups (broad SMARTS) is 1. The van der Waals surface area contributed by atoms with Crippen molar-refractivity contribution in [1.29, 1.82) is 0 Å². The van der Waals surface area contributed by atoms with Gasteiger partial charge in [0, 0.05) is 18.9 Å². The molecule has 1 heterocycles. The number of para-hydroxylation sites is 1. The second-order valence-electron chi connectivity index (χ2n) is 5.45. The first kappa shape index (κ1) is 16.7. The molecule has 1 aromatic carbocycles. The van der Waals surface area contributed by atoms with E-state index < -0.39 is 12.0 Å². The van der Waals surface area contributed by atoms with Gasteiger partial charge < -0.3 is 15.4 Å². The highest BCUT2D eigenvalue weighted by atomic mass is 16.4. The average Bonchev–Trinajstić information content (AvgIpc) is 2.46. The van der Waals surface area contributed by atoms with Gasteiger partial charge in [0.05, 0.1) is 17.3 Å². The number of nitrogens with zero attached hydrogens (tertiary/aromatic N) is 1. The fourth-order valence-electron chi connectivity index (χ4n) is 2.33. The van der Waals surface area contributed by atoms with Crippen molar-refractivity contribution in [3.8, 4) is 0 Å². The second kappa shape index (κ2) is 7.53. The zero-order valence-corrected chi connectivity index (χ0v) is 12.8. The predicted octanol–water partition coefficient (Wildman–Crippen LogP) is 1.23. The molecule has 1 amide bonds. The quantitative estimate of drug-likeness (QED) is 0.711. The number of rotatable bonds is 7. The molecule has 3 N–H and O–H groups in total. The number of fused-ring (bicyclic) bond motifs is 1. The third-order valence-corrected chi connectivity index (χ3v) is 3.37. The Morgan fingerprint density at radius 3 is 2.83 bits per heavy atom. The third kappa shape index (κ3) is 4.91. The lowest BCUT2D eigenvalue weighted by Gasteiger charge is -2.11. The fraction of sp³-hybridized carbons (Fsp3) is 0.375. The van der Waals surface area contributed by atoms with E-state index in [2.05, 4.69) is 15.3 Å². The minimum absolute atomic E-state index is 0.106. The maximum Gasteiger partial charge on any atom is 0.305 e. The van der Waals surface area contributed by atoms with Crippen LogP contribution in [0.5, 0.6) is 0 Å². The molecule has 2 aromatic rings. The van der Waals surface area contributed by atoms with E-state index in [1.807, 2.05) is 6.07 Å². The molecule has 0 aliphatic rings. The van der Waals surface area contributed by atoms with Crippen LogP contribution < -0.4 is 10.9 Å². The SMILES string of the molecule is CC(CC(=O)O)NC(=O)CCCc1nc2ccccc2c(=O)[nH]1. The Kier molecular flexibility index (Phi) is 5.46. The van der Waals surface area contributed by atoms with Gasteiger partial charge in [-0.05, 0) is 25.5 Å². The van der Waals surface area contributed by atoms with Gasteiger partial charge in [0.2, 0.25) is 5.91 Å². The molecule has 2 rings (SSSR count). The number of carboxylic acids is 1. The van der Waals surface area contributed by atoms with Crippen molar-refractivity contribution in [2.45, 2.75) is 38.6 Å². The number of aromatic nitrogens is 2. The molecule has 0 aliphatic heterocycles. The van der Waals surface area contributed by atoms with Crippen LogP contribution in [0.1, 0.15) is 32.0 Å². The zero-order valence-electron chi connectivity index (χ0n) is 12.8. The number of nitrogens with one attached hydrogen (secondary N) is 2. The Morgan fingerprint density at radius 2 is 2.09 bits per heavy atom. The van der Waals surface area contributed by atoms with Crippen LogP contribution in [0.2, 0.25) is 0 Å². The van der Waals surface area contributed by atoms with Gasteiger partial charge in [0.15, 0.2) is 0 Å². The molecular formula is C16H19N3O4. The number of H-pyrrole nitrogens is 1. The molecule has 0 fully saturated rings. The summed E-state index contributed by atoms with van der Waals surface area (Å²) >= 11 is 0. The van der Waals surface area contributed by atoms with E-state index in [0.29, 0.717) is 29.6 Å². The summed E-state index contributed by atoms with van der Waals surface area (Å²) in [5.41, 5.74) is 0.441. The van der Waals surface area contributed by atoms with E-state index in [0.717, 1.165) is 0 Å². The van der Waals surface area contributed by atoms with E-state index >= 15 is 0 Å². The van der Waals surface area contributed by atoms with Crippen molar-refractivity contribution in [1.82, 2.24) is 15.3 Å². The van der Waals surface area contributed by atoms with Gasteiger partial charge in [-0.15, -0.1) is 0 Å². The van der Waals surface area contributed by atoms with Crippen LogP contribution in [0, 0.1) is 0 Å². The maximum atomic E-state index is 11.9. The molecular weight excluding hydrogens is 298 g/mol. The lowest BCUT2D eigenvalue weighted by Crippen LogP contribution is -2.34. The van der Waals surface area contributed by atoms with E-state index in [4.69, 9.17) is 5.11 Å². The van der Waals surface area contributed by atoms with Gasteiger partial charge in [-0.25, -0.2) is 4.98 Å². The van der Waals surface area contributed by atoms with E-state index in [1.165, 1.54) is 0 Å². The number of hydrogen-bond donors (Lipinski definition) is 3. The van der Waals surface area contributed by atoms with Gasteiger partial charge in [0.1, 0.15) is 5.82 Å². The van der Waals surface area contributed by atoms with Crippen LogP contribution in [0.4, 0.5) is 0 Å². The summed E-state index contributed by atoms with van der Waals surface area (Å²) in [6.07, 6.45) is 1.14. The molecule has 0 bridgehead atoms. The number of carbonyl (C=O) groups excluding carboxylic acids is 1. The van der Waals surface area contributed by atoms with Crippen LogP contribution in [0.15, 0.2) is 29.1 Å². The highest BCUT2D eigenvalue weighted by Crippen LogP contribution is 2.07. The number of aliphatic carboxylic acids is 1. The Bertz CT molecular complexity index is 769. The summed E-state index contributed by atoms with van der Waals surface area (Å²) in [5, 5.41) is 11.8. The Morgan fingerprint density at radius 1 is 1.35 bits per heavy atom. The van der Waals surface area contributed by atoms with Crippen molar-refractivity contribution < 1.29 is 14.7 Å². The van der Waals surface area contributed by atoms with Crippen LogP contribution in [-0.2, 0) is 16.0 Å². The Balaban J connectivity index is 1.88. The summed E-state index contributed by atoms with van der Waals surface area (Å²) in [7, 11) is 0. The molecule has 0 saturated carbocycles. The summed E-state index contributed by atoms with van der Waals surface area (Å²) in [5.74, 6) is -0.613. The molecule has 0 aliphatic carbocycles. The van der Waals surface area contributed by atoms with Crippen molar-refractivity contribution in [3.63, 3.8) is 0 Å². The molecule has 122 valence electrons. The summed E-state index contributed by atoms with van der Waals surface area (Å²) in [6, 6.07) is 6.67. The molecule has 7 heteroatoms. The number of hydrogen-bond acceptors (Lipinski definition) is 4. The Hall–Kier alpha value is -2.70. The van der Waals surface area contributed by atoms with Crippen molar-refractivity contribution in [2.24, 2.45) is 0 Å². The second-order valence-corrected chi connectivity index (χ2v) is 5.45. The number of carbonyl (C=O) groups is 2. The van der Waals surface area contributed by atoms with Gasteiger partial charge >= 0.3 is 5.97 Å². The monoisotopic (exact) mass is 317 g/mol. The number of benzene rings is 1. The highest BCUT2D eigenvalue weighted by molar-refractivity contribution is 5.78. The standard InChI is InChI=1S/C16H19N3O4/c1-10(9-15(21)22)17-14(20)8-4-7-13-18-12-6-3-2-5-11(12)16(23)19-13/h2-3,5-6,10H,4,7-9H2,1H3,(H,17,20)(H,21,22)(H,18,19,23). The van der Waals surface area contributed by atoms with Crippen molar-refractivity contribution in [3.05, 3.63) is 40.4 Å². The van der Waals surface area contributed by atoms with Gasteiger partial charge in [-0.2, -0.15) is 0 Å². The van der Waals surface area contributed by atoms with E-state index in [-0.39, 0.29) is 24.3 Å². The summed E-state index contributed by atoms with van der Waals surface area (Å²) in [4.78, 5) is 41.2. The highest BCUT2D eigenvalue weighted by Gasteiger charge is 2.11. The van der Waals surface area contributed by atoms with Crippen LogP contribution >= 0.6 is 0 Å². The average molecular weight is 317 g/mol. The van der Waals surface area contributed by atoms with Gasteiger partial charge in [-0.3, -0.25) is 14.4 Å². The van der Waals surface area contributed by atoms with E-state index in [1.54, 1.807) is 25.1 Å². The van der Waals surface area contributed by atoms with Crippen molar-refractivity contribution in [2.75, 3.05) is 0 Å². The molecule has 7 nitrogen and oxygen atoms in total. The minimum atomic E-state index is -0.948. The molecule has 23 heavy (non-hydrogen) atoms. The first-order valence-electron chi connectivity index (χ1n) is 7.45. The van der Waals surface area contributed by atoms with Gasteiger partial charge in [0.25, 0.3) is 5.56 Å². The largest absolute Gasteiger partial charge is 0.481 e. The predicted molar refractivity (Wildman–Crippen MR) is 85.2 cm³/mol. The lowest BCUT2D eigenvalue weighted by atomic mass is 10.2. The first-order chi connectivity index (χ1) is 11.0. The van der Waals surface area contributed by atoms with Crippen LogP contribution in [0.3, 0.4) is 0 Å². The number of aromatic amines is 1. The lowest BCUT2D eigenvalue weighted by molar-refractivity contribution is -0.137. The third-order valence-electron chi connectivity index (χ3n) is 3.37. The Labute approximate surface area is 132 Å². The molecule has 0 radical (unpaired) electrons. The first-order valence-corrected chi connectivity index (χ1v) is 7.45. The summed E-state index contributed by atoms with van der Waals surface area (Å²) in [6.45, 7) is 1.65.